The number of imide groups is 1. The van der Waals surface area contributed by atoms with Crippen molar-refractivity contribution in [3.8, 4) is 0 Å². The number of aryl methyl sites for hydroxylation is 2. The number of piperidine rings is 1. The van der Waals surface area contributed by atoms with Crippen LogP contribution in [0.4, 0.5) is 0 Å². The maximum absolute atomic E-state index is 12.6. The van der Waals surface area contributed by atoms with Crippen LogP contribution in [0.3, 0.4) is 0 Å². The molecule has 1 aliphatic rings. The predicted molar refractivity (Wildman–Crippen MR) is 95.3 cm³/mol. The Balaban J connectivity index is 2.00. The minimum absolute atomic E-state index is 0.225. The summed E-state index contributed by atoms with van der Waals surface area (Å²) in [6.45, 7) is 0. The zero-order valence-electron chi connectivity index (χ0n) is 13.5. The Hall–Kier alpha value is -1.89. The molecule has 0 aliphatic carbocycles. The van der Waals surface area contributed by atoms with E-state index in [2.05, 4.69) is 21.2 Å². The summed E-state index contributed by atoms with van der Waals surface area (Å²) in [5.41, 5.74) is 2.51. The zero-order valence-corrected chi connectivity index (χ0v) is 15.1. The summed E-state index contributed by atoms with van der Waals surface area (Å²) < 4.78 is 3.09. The molecule has 1 aromatic carbocycles. The molecule has 3 rings (SSSR count). The summed E-state index contributed by atoms with van der Waals surface area (Å²) in [6, 6.07) is 5.31. The number of hydrogen-bond acceptors (Lipinski definition) is 3. The molecule has 128 valence electrons. The van der Waals surface area contributed by atoms with E-state index in [1.807, 2.05) is 18.2 Å². The number of rotatable bonds is 5. The van der Waals surface area contributed by atoms with Gasteiger partial charge < -0.3 is 0 Å². The number of unbranched alkanes of at least 4 members (excludes halogenated alkanes) is 1. The molecule has 0 radical (unpaired) electrons. The molecule has 24 heavy (non-hydrogen) atoms. The van der Waals surface area contributed by atoms with Crippen LogP contribution in [0.5, 0.6) is 0 Å². The van der Waals surface area contributed by atoms with Crippen LogP contribution in [0, 0.1) is 0 Å². The van der Waals surface area contributed by atoms with Crippen molar-refractivity contribution in [3.05, 3.63) is 34.2 Å². The number of hydrogen-bond donors (Lipinski definition) is 1. The number of carbonyl (C=O) groups excluding carboxylic acids is 2. The van der Waals surface area contributed by atoms with Crippen LogP contribution in [0.25, 0.3) is 11.0 Å². The fourth-order valence-electron chi connectivity index (χ4n) is 3.22. The minimum Gasteiger partial charge on any atom is -0.295 e. The van der Waals surface area contributed by atoms with E-state index in [9.17, 15) is 14.4 Å². The highest BCUT2D eigenvalue weighted by Crippen LogP contribution is 2.24. The van der Waals surface area contributed by atoms with Crippen molar-refractivity contribution in [2.45, 2.75) is 38.1 Å². The van der Waals surface area contributed by atoms with Gasteiger partial charge in [0.2, 0.25) is 11.8 Å². The number of benzene rings is 1. The first-order chi connectivity index (χ1) is 11.5. The predicted octanol–water partition coefficient (Wildman–Crippen LogP) is 2.04. The summed E-state index contributed by atoms with van der Waals surface area (Å²) >= 11 is 3.43. The molecule has 2 heterocycles. The van der Waals surface area contributed by atoms with E-state index in [0.29, 0.717) is 6.42 Å². The molecule has 2 amide bonds. The van der Waals surface area contributed by atoms with Crippen LogP contribution in [0.2, 0.25) is 0 Å². The molecule has 1 saturated heterocycles. The summed E-state index contributed by atoms with van der Waals surface area (Å²) in [5.74, 6) is -0.680. The number of halogens is 1. The fraction of sp³-hybridized carbons (Fsp3) is 0.471. The number of carbonyl (C=O) groups is 2. The quantitative estimate of drug-likeness (QED) is 0.479. The standard InChI is InChI=1S/C17H20BrN3O3/c1-20-14-10-11(4-2-3-9-18)5-6-12(14)21(17(20)24)13-7-8-15(22)19-16(13)23/h5-6,10,13H,2-4,7-9H2,1H3,(H,19,22,23). The smallest absolute Gasteiger partial charge is 0.295 e. The average Bonchev–Trinajstić information content (AvgIpc) is 2.80. The lowest BCUT2D eigenvalue weighted by Crippen LogP contribution is -2.44. The van der Waals surface area contributed by atoms with E-state index in [1.54, 1.807) is 11.6 Å². The number of nitrogens with zero attached hydrogens (tertiary/aromatic N) is 2. The molecule has 0 spiro atoms. The van der Waals surface area contributed by atoms with E-state index in [1.165, 1.54) is 10.1 Å². The van der Waals surface area contributed by atoms with Crippen molar-refractivity contribution < 1.29 is 9.59 Å². The second-order valence-corrected chi connectivity index (χ2v) is 6.94. The van der Waals surface area contributed by atoms with Gasteiger partial charge in [-0.15, -0.1) is 0 Å². The lowest BCUT2D eigenvalue weighted by Gasteiger charge is -2.21. The largest absolute Gasteiger partial charge is 0.329 e. The van der Waals surface area contributed by atoms with Gasteiger partial charge in [0.15, 0.2) is 0 Å². The molecule has 1 atom stereocenters. The number of imidazole rings is 1. The van der Waals surface area contributed by atoms with Crippen molar-refractivity contribution >= 4 is 38.8 Å². The van der Waals surface area contributed by atoms with Gasteiger partial charge in [0.25, 0.3) is 0 Å². The molecule has 0 saturated carbocycles. The summed E-state index contributed by atoms with van der Waals surface area (Å²) in [7, 11) is 1.72. The first kappa shape index (κ1) is 17.0. The molecule has 2 aromatic rings. The average molecular weight is 394 g/mol. The topological polar surface area (TPSA) is 73.1 Å². The molecular weight excluding hydrogens is 374 g/mol. The van der Waals surface area contributed by atoms with Crippen LogP contribution in [0.15, 0.2) is 23.0 Å². The van der Waals surface area contributed by atoms with Gasteiger partial charge in [-0.25, -0.2) is 4.79 Å². The minimum atomic E-state index is -0.627. The van der Waals surface area contributed by atoms with Gasteiger partial charge in [0.05, 0.1) is 11.0 Å². The molecular formula is C17H20BrN3O3. The molecule has 7 heteroatoms. The van der Waals surface area contributed by atoms with E-state index in [0.717, 1.165) is 35.6 Å². The van der Waals surface area contributed by atoms with Gasteiger partial charge in [0.1, 0.15) is 6.04 Å². The number of aromatic nitrogens is 2. The lowest BCUT2D eigenvalue weighted by atomic mass is 10.0. The summed E-state index contributed by atoms with van der Waals surface area (Å²) in [6.07, 6.45) is 3.76. The van der Waals surface area contributed by atoms with Crippen molar-refractivity contribution in [1.29, 1.82) is 0 Å². The van der Waals surface area contributed by atoms with Gasteiger partial charge in [0, 0.05) is 18.8 Å². The van der Waals surface area contributed by atoms with Gasteiger partial charge in [-0.3, -0.25) is 24.0 Å². The molecule has 0 bridgehead atoms. The van der Waals surface area contributed by atoms with Crippen molar-refractivity contribution in [1.82, 2.24) is 14.5 Å². The van der Waals surface area contributed by atoms with Crippen molar-refractivity contribution in [2.75, 3.05) is 5.33 Å². The van der Waals surface area contributed by atoms with Crippen molar-refractivity contribution in [3.63, 3.8) is 0 Å². The third-order valence-corrected chi connectivity index (χ3v) is 5.09. The highest BCUT2D eigenvalue weighted by molar-refractivity contribution is 9.09. The van der Waals surface area contributed by atoms with Crippen molar-refractivity contribution in [2.24, 2.45) is 7.05 Å². The van der Waals surface area contributed by atoms with Gasteiger partial charge >= 0.3 is 5.69 Å². The Kier molecular flexibility index (Phi) is 4.89. The summed E-state index contributed by atoms with van der Waals surface area (Å²) in [5, 5.41) is 3.31. The molecule has 1 aliphatic heterocycles. The molecule has 1 aromatic heterocycles. The van der Waals surface area contributed by atoms with Crippen LogP contribution >= 0.6 is 15.9 Å². The first-order valence-corrected chi connectivity index (χ1v) is 9.24. The fourth-order valence-corrected chi connectivity index (χ4v) is 3.61. The normalized spacial score (nSPS) is 18.2. The van der Waals surface area contributed by atoms with Crippen LogP contribution in [-0.4, -0.2) is 26.3 Å². The van der Waals surface area contributed by atoms with Crippen LogP contribution in [0.1, 0.15) is 37.3 Å². The Morgan fingerprint density at radius 1 is 1.21 bits per heavy atom. The molecule has 1 fully saturated rings. The second-order valence-electron chi connectivity index (χ2n) is 6.15. The number of nitrogens with one attached hydrogen (secondary N) is 1. The second kappa shape index (κ2) is 6.93. The van der Waals surface area contributed by atoms with Gasteiger partial charge in [-0.1, -0.05) is 22.0 Å². The first-order valence-electron chi connectivity index (χ1n) is 8.12. The molecule has 1 unspecified atom stereocenters. The van der Waals surface area contributed by atoms with E-state index < -0.39 is 11.9 Å². The highest BCUT2D eigenvalue weighted by Gasteiger charge is 2.31. The van der Waals surface area contributed by atoms with Crippen LogP contribution in [-0.2, 0) is 23.1 Å². The number of amides is 2. The lowest BCUT2D eigenvalue weighted by molar-refractivity contribution is -0.135. The van der Waals surface area contributed by atoms with E-state index >= 15 is 0 Å². The Labute approximate surface area is 148 Å². The zero-order chi connectivity index (χ0) is 17.3. The number of alkyl halides is 1. The van der Waals surface area contributed by atoms with E-state index in [-0.39, 0.29) is 18.0 Å². The monoisotopic (exact) mass is 393 g/mol. The molecule has 1 N–H and O–H groups in total. The third-order valence-electron chi connectivity index (χ3n) is 4.52. The Morgan fingerprint density at radius 3 is 2.71 bits per heavy atom. The SMILES string of the molecule is Cn1c(=O)n(C2CCC(=O)NC2=O)c2ccc(CCCCBr)cc21. The maximum atomic E-state index is 12.6. The third kappa shape index (κ3) is 3.05. The molecule has 6 nitrogen and oxygen atoms in total. The van der Waals surface area contributed by atoms with E-state index in [4.69, 9.17) is 0 Å². The number of fused-ring (bicyclic) bond motifs is 1. The maximum Gasteiger partial charge on any atom is 0.329 e. The van der Waals surface area contributed by atoms with Gasteiger partial charge in [-0.05, 0) is 43.4 Å². The highest BCUT2D eigenvalue weighted by atomic mass is 79.9. The Morgan fingerprint density at radius 2 is 2.00 bits per heavy atom. The van der Waals surface area contributed by atoms with Crippen LogP contribution < -0.4 is 11.0 Å². The van der Waals surface area contributed by atoms with Gasteiger partial charge in [-0.2, -0.15) is 0 Å². The Bertz CT molecular complexity index is 853. The summed E-state index contributed by atoms with van der Waals surface area (Å²) in [4.78, 5) is 36.1.